The molecule has 1 atom stereocenters. The van der Waals surface area contributed by atoms with E-state index >= 15 is 0 Å². The molecule has 2 aromatic rings. The van der Waals surface area contributed by atoms with Crippen molar-refractivity contribution >= 4 is 25.8 Å². The summed E-state index contributed by atoms with van der Waals surface area (Å²) < 4.78 is 23.9. The first-order valence-electron chi connectivity index (χ1n) is 5.95. The van der Waals surface area contributed by atoms with Gasteiger partial charge in [0.25, 0.3) is 0 Å². The van der Waals surface area contributed by atoms with E-state index in [0.717, 1.165) is 16.4 Å². The van der Waals surface area contributed by atoms with Gasteiger partial charge in [-0.15, -0.1) is 0 Å². The van der Waals surface area contributed by atoms with E-state index in [1.165, 1.54) is 12.1 Å². The lowest BCUT2D eigenvalue weighted by Gasteiger charge is -2.11. The minimum absolute atomic E-state index is 0.206. The maximum absolute atomic E-state index is 11.5. The van der Waals surface area contributed by atoms with Crippen LogP contribution in [0, 0.1) is 0 Å². The molecule has 1 N–H and O–H groups in total. The van der Waals surface area contributed by atoms with Crippen molar-refractivity contribution < 1.29 is 13.5 Å². The largest absolute Gasteiger partial charge is 0.388 e. The standard InChI is InChI=1S/C14H14BrNO3S/c1-20(18,19)13-4-2-3-10(7-13)14(17)8-12-6-5-11(15)9-16-12/h2-7,9,14,17H,8H2,1H3. The van der Waals surface area contributed by atoms with E-state index in [1.54, 1.807) is 18.3 Å². The molecule has 1 aromatic carbocycles. The summed E-state index contributed by atoms with van der Waals surface area (Å²) in [7, 11) is -3.27. The zero-order chi connectivity index (χ0) is 14.8. The van der Waals surface area contributed by atoms with Gasteiger partial charge in [0.2, 0.25) is 0 Å². The maximum Gasteiger partial charge on any atom is 0.175 e. The number of pyridine rings is 1. The van der Waals surface area contributed by atoms with Crippen molar-refractivity contribution in [3.63, 3.8) is 0 Å². The predicted molar refractivity (Wildman–Crippen MR) is 80.2 cm³/mol. The first kappa shape index (κ1) is 15.2. The molecule has 0 radical (unpaired) electrons. The number of sulfone groups is 1. The second kappa shape index (κ2) is 6.03. The fourth-order valence-corrected chi connectivity index (χ4v) is 2.71. The Labute approximate surface area is 126 Å². The van der Waals surface area contributed by atoms with Crippen LogP contribution in [0.25, 0.3) is 0 Å². The van der Waals surface area contributed by atoms with Crippen LogP contribution in [0.3, 0.4) is 0 Å². The Morgan fingerprint density at radius 3 is 2.65 bits per heavy atom. The highest BCUT2D eigenvalue weighted by Crippen LogP contribution is 2.21. The summed E-state index contributed by atoms with van der Waals surface area (Å²) in [5, 5.41) is 10.2. The number of nitrogens with zero attached hydrogens (tertiary/aromatic N) is 1. The minimum Gasteiger partial charge on any atom is -0.388 e. The molecular formula is C14H14BrNO3S. The zero-order valence-electron chi connectivity index (χ0n) is 10.8. The topological polar surface area (TPSA) is 67.3 Å². The number of aliphatic hydroxyl groups is 1. The van der Waals surface area contributed by atoms with E-state index in [1.807, 2.05) is 12.1 Å². The zero-order valence-corrected chi connectivity index (χ0v) is 13.2. The number of aliphatic hydroxyl groups excluding tert-OH is 1. The molecule has 106 valence electrons. The summed E-state index contributed by atoms with van der Waals surface area (Å²) in [5.41, 5.74) is 1.31. The van der Waals surface area contributed by atoms with E-state index in [9.17, 15) is 13.5 Å². The predicted octanol–water partition coefficient (Wildman–Crippen LogP) is 2.52. The molecule has 1 unspecified atom stereocenters. The van der Waals surface area contributed by atoms with Gasteiger partial charge < -0.3 is 5.11 Å². The van der Waals surface area contributed by atoms with Crippen molar-refractivity contribution in [3.8, 4) is 0 Å². The highest BCUT2D eigenvalue weighted by atomic mass is 79.9. The van der Waals surface area contributed by atoms with Gasteiger partial charge in [-0.05, 0) is 45.8 Å². The first-order valence-corrected chi connectivity index (χ1v) is 8.63. The molecule has 0 fully saturated rings. The number of aromatic nitrogens is 1. The maximum atomic E-state index is 11.5. The molecule has 0 aliphatic heterocycles. The van der Waals surface area contributed by atoms with Crippen LogP contribution in [0.4, 0.5) is 0 Å². The van der Waals surface area contributed by atoms with Gasteiger partial charge in [0.15, 0.2) is 9.84 Å². The average molecular weight is 356 g/mol. The molecule has 1 heterocycles. The lowest BCUT2D eigenvalue weighted by molar-refractivity contribution is 0.177. The van der Waals surface area contributed by atoms with Gasteiger partial charge in [0.1, 0.15) is 0 Å². The van der Waals surface area contributed by atoms with Gasteiger partial charge in [-0.25, -0.2) is 8.42 Å². The van der Waals surface area contributed by atoms with E-state index in [2.05, 4.69) is 20.9 Å². The Balaban J connectivity index is 2.21. The monoisotopic (exact) mass is 355 g/mol. The van der Waals surface area contributed by atoms with Gasteiger partial charge in [-0.2, -0.15) is 0 Å². The molecule has 0 spiro atoms. The van der Waals surface area contributed by atoms with Crippen LogP contribution in [0.15, 0.2) is 52.0 Å². The van der Waals surface area contributed by atoms with Gasteiger partial charge in [-0.1, -0.05) is 12.1 Å². The number of rotatable bonds is 4. The number of hydrogen-bond acceptors (Lipinski definition) is 4. The highest BCUT2D eigenvalue weighted by Gasteiger charge is 2.13. The summed E-state index contributed by atoms with van der Waals surface area (Å²) in [6.45, 7) is 0. The molecule has 0 aliphatic rings. The third-order valence-electron chi connectivity index (χ3n) is 2.86. The van der Waals surface area contributed by atoms with Gasteiger partial charge in [0, 0.05) is 29.0 Å². The molecule has 0 amide bonds. The normalized spacial score (nSPS) is 13.2. The Morgan fingerprint density at radius 1 is 1.30 bits per heavy atom. The molecule has 20 heavy (non-hydrogen) atoms. The van der Waals surface area contributed by atoms with E-state index in [-0.39, 0.29) is 4.90 Å². The molecule has 4 nitrogen and oxygen atoms in total. The van der Waals surface area contributed by atoms with Crippen LogP contribution in [-0.4, -0.2) is 24.8 Å². The summed E-state index contributed by atoms with van der Waals surface area (Å²) in [5.74, 6) is 0. The van der Waals surface area contributed by atoms with Crippen molar-refractivity contribution in [1.29, 1.82) is 0 Å². The van der Waals surface area contributed by atoms with Crippen LogP contribution in [0.5, 0.6) is 0 Å². The van der Waals surface area contributed by atoms with Crippen molar-refractivity contribution in [2.45, 2.75) is 17.4 Å². The van der Waals surface area contributed by atoms with Crippen LogP contribution >= 0.6 is 15.9 Å². The molecule has 0 bridgehead atoms. The second-order valence-electron chi connectivity index (χ2n) is 4.53. The molecule has 0 saturated carbocycles. The summed E-state index contributed by atoms with van der Waals surface area (Å²) >= 11 is 3.30. The Bertz CT molecular complexity index is 699. The van der Waals surface area contributed by atoms with E-state index < -0.39 is 15.9 Å². The molecular weight excluding hydrogens is 342 g/mol. The number of benzene rings is 1. The third-order valence-corrected chi connectivity index (χ3v) is 4.44. The van der Waals surface area contributed by atoms with Gasteiger partial charge in [0.05, 0.1) is 11.0 Å². The minimum atomic E-state index is -3.27. The molecule has 0 aliphatic carbocycles. The Hall–Kier alpha value is -1.24. The Kier molecular flexibility index (Phi) is 4.57. The lowest BCUT2D eigenvalue weighted by Crippen LogP contribution is -2.05. The van der Waals surface area contributed by atoms with Crippen LogP contribution in [0.2, 0.25) is 0 Å². The quantitative estimate of drug-likeness (QED) is 0.914. The van der Waals surface area contributed by atoms with Crippen molar-refractivity contribution in [3.05, 3.63) is 58.3 Å². The highest BCUT2D eigenvalue weighted by molar-refractivity contribution is 9.10. The van der Waals surface area contributed by atoms with Crippen molar-refractivity contribution in [2.75, 3.05) is 6.26 Å². The van der Waals surface area contributed by atoms with E-state index in [4.69, 9.17) is 0 Å². The van der Waals surface area contributed by atoms with Crippen molar-refractivity contribution in [1.82, 2.24) is 4.98 Å². The van der Waals surface area contributed by atoms with Gasteiger partial charge >= 0.3 is 0 Å². The van der Waals surface area contributed by atoms with Crippen LogP contribution < -0.4 is 0 Å². The number of hydrogen-bond donors (Lipinski definition) is 1. The Morgan fingerprint density at radius 2 is 2.05 bits per heavy atom. The second-order valence-corrected chi connectivity index (χ2v) is 7.46. The first-order chi connectivity index (χ1) is 9.36. The van der Waals surface area contributed by atoms with E-state index in [0.29, 0.717) is 12.0 Å². The van der Waals surface area contributed by atoms with Gasteiger partial charge in [-0.3, -0.25) is 4.98 Å². The third kappa shape index (κ3) is 3.88. The smallest absolute Gasteiger partial charge is 0.175 e. The number of halogens is 1. The van der Waals surface area contributed by atoms with Crippen LogP contribution in [-0.2, 0) is 16.3 Å². The SMILES string of the molecule is CS(=O)(=O)c1cccc(C(O)Cc2ccc(Br)cn2)c1. The lowest BCUT2D eigenvalue weighted by atomic mass is 10.0. The van der Waals surface area contributed by atoms with Crippen LogP contribution in [0.1, 0.15) is 17.4 Å². The molecule has 0 saturated heterocycles. The summed E-state index contributed by atoms with van der Waals surface area (Å²) in [4.78, 5) is 4.40. The fraction of sp³-hybridized carbons (Fsp3) is 0.214. The summed E-state index contributed by atoms with van der Waals surface area (Å²) in [6.07, 6.45) is 2.36. The fourth-order valence-electron chi connectivity index (χ4n) is 1.80. The molecule has 2 rings (SSSR count). The summed E-state index contributed by atoms with van der Waals surface area (Å²) in [6, 6.07) is 10.0. The molecule has 6 heteroatoms. The van der Waals surface area contributed by atoms with Crippen molar-refractivity contribution in [2.24, 2.45) is 0 Å². The molecule has 1 aromatic heterocycles. The average Bonchev–Trinajstić information content (AvgIpc) is 2.40.